The third-order valence-corrected chi connectivity index (χ3v) is 4.48. The van der Waals surface area contributed by atoms with Gasteiger partial charge in [0.05, 0.1) is 12.7 Å². The molecule has 0 fully saturated rings. The summed E-state index contributed by atoms with van der Waals surface area (Å²) in [6.45, 7) is 4.81. The molecule has 10 heteroatoms. The predicted octanol–water partition coefficient (Wildman–Crippen LogP) is 1.01. The second-order valence-corrected chi connectivity index (χ2v) is 7.10. The molecule has 0 saturated carbocycles. The van der Waals surface area contributed by atoms with Crippen molar-refractivity contribution in [3.05, 3.63) is 107 Å². The van der Waals surface area contributed by atoms with E-state index in [2.05, 4.69) is 10.8 Å². The molecule has 36 heavy (non-hydrogen) atoms. The number of ether oxygens (including phenoxy) is 1. The Labute approximate surface area is 237 Å². The number of aliphatic hydroxyl groups is 3. The fourth-order valence-electron chi connectivity index (χ4n) is 2.69. The molecule has 0 amide bonds. The van der Waals surface area contributed by atoms with Gasteiger partial charge in [0, 0.05) is 7.24 Å². The minimum Gasteiger partial charge on any atom is -1.00 e. The first-order valence-corrected chi connectivity index (χ1v) is 10.4. The van der Waals surface area contributed by atoms with Crippen molar-refractivity contribution < 1.29 is 56.4 Å². The Kier molecular flexibility index (Phi) is 18.4. The van der Waals surface area contributed by atoms with Crippen LogP contribution in [0.5, 0.6) is 0 Å². The molecule has 2 atom stereocenters. The number of carbonyl (C=O) groups excluding carboxylic acids is 1. The molecule has 0 saturated heterocycles. The number of halogens is 4. The fourth-order valence-corrected chi connectivity index (χ4v) is 2.69. The number of carbonyl (C=O) groups is 1. The average molecular weight is 584 g/mol. The zero-order valence-corrected chi connectivity index (χ0v) is 23.2. The quantitative estimate of drug-likeness (QED) is 0.237. The van der Waals surface area contributed by atoms with Crippen LogP contribution in [0.3, 0.4) is 0 Å². The van der Waals surface area contributed by atoms with E-state index in [0.717, 1.165) is 0 Å². The summed E-state index contributed by atoms with van der Waals surface area (Å²) < 4.78 is 42.2. The van der Waals surface area contributed by atoms with Crippen molar-refractivity contribution in [1.82, 2.24) is 0 Å². The molecule has 194 valence electrons. The number of hydrogen-bond acceptors (Lipinski definition) is 5. The molecule has 3 aromatic carbocycles. The average Bonchev–Trinajstić information content (AvgIpc) is 2.81. The summed E-state index contributed by atoms with van der Waals surface area (Å²) in [6, 6.07) is 18.9. The van der Waals surface area contributed by atoms with Gasteiger partial charge < -0.3 is 37.0 Å². The van der Waals surface area contributed by atoms with Crippen LogP contribution >= 0.6 is 0 Å². The van der Waals surface area contributed by atoms with Gasteiger partial charge in [0.25, 0.3) is 0 Å². The fraction of sp³-hybridized carbons (Fsp3) is 0.269. The van der Waals surface area contributed by atoms with Gasteiger partial charge in [0.15, 0.2) is 0 Å². The molecule has 0 heterocycles. The van der Waals surface area contributed by atoms with Gasteiger partial charge in [-0.2, -0.15) is 18.2 Å². The Bertz CT molecular complexity index is 950. The van der Waals surface area contributed by atoms with Gasteiger partial charge in [-0.1, -0.05) is 24.3 Å². The number of benzene rings is 3. The Morgan fingerprint density at radius 2 is 1.25 bits per heavy atom. The maximum Gasteiger partial charge on any atom is 2.00 e. The number of esters is 1. The van der Waals surface area contributed by atoms with Crippen molar-refractivity contribution in [2.45, 2.75) is 38.6 Å². The van der Waals surface area contributed by atoms with Crippen LogP contribution in [0.4, 0.5) is 13.2 Å². The second kappa shape index (κ2) is 18.3. The van der Waals surface area contributed by atoms with Gasteiger partial charge in [-0.05, 0) is 56.2 Å². The van der Waals surface area contributed by atoms with Gasteiger partial charge in [-0.3, -0.25) is 0 Å². The topological polar surface area (TPSA) is 87.0 Å². The van der Waals surface area contributed by atoms with E-state index < -0.39 is 35.4 Å². The zero-order chi connectivity index (χ0) is 25.7. The van der Waals surface area contributed by atoms with Gasteiger partial charge >= 0.3 is 29.0 Å². The van der Waals surface area contributed by atoms with Gasteiger partial charge in [0.1, 0.15) is 23.3 Å². The van der Waals surface area contributed by atoms with Crippen LogP contribution in [-0.4, -0.2) is 63.2 Å². The van der Waals surface area contributed by atoms with E-state index in [0.29, 0.717) is 17.7 Å². The van der Waals surface area contributed by atoms with Crippen LogP contribution in [0.1, 0.15) is 33.3 Å². The molecule has 0 aliphatic carbocycles. The summed E-state index contributed by atoms with van der Waals surface area (Å²) in [4.78, 5) is 10.3. The Morgan fingerprint density at radius 3 is 1.47 bits per heavy atom. The Hall–Kier alpha value is -1.95. The van der Waals surface area contributed by atoms with Crippen molar-refractivity contribution in [2.75, 3.05) is 6.61 Å². The second-order valence-electron chi connectivity index (χ2n) is 7.10. The molecule has 3 rings (SSSR count). The first-order valence-electron chi connectivity index (χ1n) is 10.4. The number of rotatable bonds is 5. The van der Waals surface area contributed by atoms with Crippen LogP contribution in [0, 0.1) is 23.5 Å². The molecule has 3 N–H and O–H groups in total. The number of aliphatic hydroxyl groups excluding tert-OH is 2. The molecule has 0 aliphatic heterocycles. The maximum absolute atomic E-state index is 12.9. The minimum absolute atomic E-state index is 0. The third-order valence-electron chi connectivity index (χ3n) is 4.48. The van der Waals surface area contributed by atoms with Gasteiger partial charge in [-0.15, -0.1) is 12.1 Å². The molecule has 0 radical (unpaired) electrons. The van der Waals surface area contributed by atoms with E-state index in [9.17, 15) is 28.2 Å². The van der Waals surface area contributed by atoms with Gasteiger partial charge in [-0.25, -0.2) is 18.0 Å². The van der Waals surface area contributed by atoms with E-state index in [-0.39, 0.29) is 47.3 Å². The molecule has 0 unspecified atom stereocenters. The van der Waals surface area contributed by atoms with Crippen LogP contribution in [0.2, 0.25) is 0 Å². The van der Waals surface area contributed by atoms with E-state index in [4.69, 9.17) is 5.11 Å². The van der Waals surface area contributed by atoms with Crippen molar-refractivity contribution in [3.8, 4) is 0 Å². The monoisotopic (exact) mass is 582 g/mol. The number of hydrogen-bond donors (Lipinski definition) is 3. The molecular formula is C26H30BrF3MgO5. The first kappa shape index (κ1) is 36.2. The van der Waals surface area contributed by atoms with E-state index in [1.165, 1.54) is 86.6 Å². The molecule has 0 bridgehead atoms. The van der Waals surface area contributed by atoms with Crippen molar-refractivity contribution in [3.63, 3.8) is 0 Å². The van der Waals surface area contributed by atoms with E-state index in [1.54, 1.807) is 6.92 Å². The maximum atomic E-state index is 12.9. The third kappa shape index (κ3) is 11.9. The molecule has 3 aromatic rings. The summed E-state index contributed by atoms with van der Waals surface area (Å²) >= 11 is 0. The Balaban J connectivity index is -0.000000539. The predicted molar refractivity (Wildman–Crippen MR) is 129 cm³/mol. The van der Waals surface area contributed by atoms with E-state index in [1.807, 2.05) is 0 Å². The minimum atomic E-state index is -1.71. The summed E-state index contributed by atoms with van der Waals surface area (Å²) in [7, 11) is 0. The van der Waals surface area contributed by atoms with Crippen molar-refractivity contribution in [1.29, 1.82) is 0 Å². The van der Waals surface area contributed by atoms with Crippen molar-refractivity contribution in [2.24, 2.45) is 0 Å². The van der Waals surface area contributed by atoms with Crippen molar-refractivity contribution >= 4 is 29.0 Å². The SMILES string of the molecule is CCOC(=O)[C@H](C)O.C[C@H](O)C(O)(c1ccc(F)cc1)c1ccc(F)cc1.Fc1cc[c-]cc1.[Br-].[HH].[Mg+2]. The summed E-state index contributed by atoms with van der Waals surface area (Å²) in [5.41, 5.74) is -1.02. The van der Waals surface area contributed by atoms with Crippen LogP contribution in [-0.2, 0) is 15.1 Å². The zero-order valence-electron chi connectivity index (χ0n) is 20.2. The molecular weight excluding hydrogens is 553 g/mol. The smallest absolute Gasteiger partial charge is 1.00 e. The van der Waals surface area contributed by atoms with Crippen LogP contribution in [0.25, 0.3) is 0 Å². The first-order chi connectivity index (χ1) is 16.0. The van der Waals surface area contributed by atoms with Gasteiger partial charge in [0.2, 0.25) is 0 Å². The van der Waals surface area contributed by atoms with E-state index >= 15 is 0 Å². The molecule has 0 aromatic heterocycles. The van der Waals surface area contributed by atoms with Crippen LogP contribution in [0.15, 0.2) is 72.8 Å². The largest absolute Gasteiger partial charge is 2.00 e. The summed E-state index contributed by atoms with van der Waals surface area (Å²) in [6.07, 6.45) is -2.13. The normalized spacial score (nSPS) is 11.6. The molecule has 0 aliphatic rings. The summed E-state index contributed by atoms with van der Waals surface area (Å²) in [5.74, 6) is -1.64. The standard InChI is InChI=1S/C15H14F2O2.C6H4F.C5H10O3.BrH.Mg.H2/c1-10(18)15(19,11-2-6-13(16)7-3-11)12-4-8-14(17)9-5-12;7-6-4-2-1-3-5-6;1-3-8-5(7)4(2)6;;;/h2-10,18-19H,1H3;2-5H;4,6H,3H2,1-2H3;1H;;1H/q;-1;;;+2;/p-1/t10-;;4-;;;/m0.0.../s1. The molecule has 0 spiro atoms. The molecule has 5 nitrogen and oxygen atoms in total. The summed E-state index contributed by atoms with van der Waals surface area (Å²) in [5, 5.41) is 29.1. The van der Waals surface area contributed by atoms with Crippen LogP contribution < -0.4 is 17.0 Å². The Morgan fingerprint density at radius 1 is 0.889 bits per heavy atom.